The molecule has 0 heterocycles. The minimum atomic E-state index is -4.23. The number of alkyl halides is 3. The smallest absolute Gasteiger partial charge is 0.160 e. The van der Waals surface area contributed by atoms with Gasteiger partial charge in [0.25, 0.3) is 0 Å². The van der Waals surface area contributed by atoms with Crippen LogP contribution in [0.1, 0.15) is 31.2 Å². The fourth-order valence-electron chi connectivity index (χ4n) is 2.00. The molecule has 0 amide bonds. The normalized spacial score (nSPS) is 16.4. The maximum Gasteiger partial charge on any atom is 0.446 e. The van der Waals surface area contributed by atoms with Crippen LogP contribution in [0.2, 0.25) is 0 Å². The topological polar surface area (TPSA) is 0 Å². The highest BCUT2D eigenvalue weighted by atomic mass is 32.2. The molecule has 0 aromatic heterocycles. The fraction of sp³-hybridized carbons (Fsp3) is 0.429. The summed E-state index contributed by atoms with van der Waals surface area (Å²) in [5.41, 5.74) is -3.44. The van der Waals surface area contributed by atoms with Crippen molar-refractivity contribution in [1.82, 2.24) is 0 Å². The number of rotatable bonds is 1. The maximum atomic E-state index is 12.1. The lowest BCUT2D eigenvalue weighted by Gasteiger charge is -2.04. The van der Waals surface area contributed by atoms with E-state index in [1.165, 1.54) is 25.0 Å². The highest BCUT2D eigenvalue weighted by Gasteiger charge is 2.28. The van der Waals surface area contributed by atoms with Crippen molar-refractivity contribution in [3.63, 3.8) is 0 Å². The second-order valence-corrected chi connectivity index (χ2v) is 5.46. The molecule has 96 valence electrons. The molecular formula is C14H13F3S. The molecule has 0 unspecified atom stereocenters. The first-order valence-corrected chi connectivity index (χ1v) is 6.72. The van der Waals surface area contributed by atoms with Gasteiger partial charge in [0.1, 0.15) is 0 Å². The summed E-state index contributed by atoms with van der Waals surface area (Å²) in [6.07, 6.45) is 4.77. The molecule has 0 saturated heterocycles. The lowest BCUT2D eigenvalue weighted by molar-refractivity contribution is -0.0328. The van der Waals surface area contributed by atoms with E-state index in [-0.39, 0.29) is 16.7 Å². The minimum Gasteiger partial charge on any atom is -0.160 e. The molecule has 1 saturated carbocycles. The van der Waals surface area contributed by atoms with Gasteiger partial charge in [-0.25, -0.2) is 0 Å². The van der Waals surface area contributed by atoms with Crippen LogP contribution in [0.15, 0.2) is 29.2 Å². The molecule has 0 spiro atoms. The number of hydrogen-bond donors (Lipinski definition) is 0. The van der Waals surface area contributed by atoms with Crippen LogP contribution in [0, 0.1) is 17.8 Å². The molecule has 0 bridgehead atoms. The van der Waals surface area contributed by atoms with Crippen molar-refractivity contribution in [2.24, 2.45) is 5.92 Å². The van der Waals surface area contributed by atoms with E-state index in [1.54, 1.807) is 12.1 Å². The molecule has 0 nitrogen and oxygen atoms in total. The summed E-state index contributed by atoms with van der Waals surface area (Å²) in [6, 6.07) is 6.24. The summed E-state index contributed by atoms with van der Waals surface area (Å²) in [7, 11) is 0. The second-order valence-electron chi connectivity index (χ2n) is 4.32. The van der Waals surface area contributed by atoms with Crippen LogP contribution in [-0.2, 0) is 0 Å². The van der Waals surface area contributed by atoms with E-state index in [2.05, 4.69) is 11.8 Å². The standard InChI is InChI=1S/C14H13F3S/c15-14(16,17)18-13-9-7-12(8-10-13)6-5-11-3-1-2-4-11/h7-11H,1-4H2. The number of thioether (sulfide) groups is 1. The Morgan fingerprint density at radius 2 is 1.67 bits per heavy atom. The van der Waals surface area contributed by atoms with Crippen molar-refractivity contribution >= 4 is 11.8 Å². The molecule has 2 rings (SSSR count). The van der Waals surface area contributed by atoms with Gasteiger partial charge in [-0.05, 0) is 48.9 Å². The van der Waals surface area contributed by atoms with Gasteiger partial charge >= 0.3 is 5.51 Å². The average molecular weight is 270 g/mol. The Kier molecular flexibility index (Phi) is 4.23. The Morgan fingerprint density at radius 1 is 1.06 bits per heavy atom. The quantitative estimate of drug-likeness (QED) is 0.519. The molecule has 4 heteroatoms. The van der Waals surface area contributed by atoms with Gasteiger partial charge in [-0.3, -0.25) is 0 Å². The summed E-state index contributed by atoms with van der Waals surface area (Å²) < 4.78 is 36.4. The number of halogens is 3. The molecule has 1 aliphatic carbocycles. The Balaban J connectivity index is 1.99. The van der Waals surface area contributed by atoms with Crippen molar-refractivity contribution < 1.29 is 13.2 Å². The molecule has 0 aliphatic heterocycles. The Labute approximate surface area is 109 Å². The highest BCUT2D eigenvalue weighted by molar-refractivity contribution is 8.00. The van der Waals surface area contributed by atoms with Gasteiger partial charge in [-0.2, -0.15) is 13.2 Å². The third-order valence-electron chi connectivity index (χ3n) is 2.86. The van der Waals surface area contributed by atoms with E-state index < -0.39 is 5.51 Å². The van der Waals surface area contributed by atoms with E-state index in [0.29, 0.717) is 5.92 Å². The number of benzene rings is 1. The van der Waals surface area contributed by atoms with Crippen molar-refractivity contribution in [2.45, 2.75) is 36.1 Å². The zero-order valence-electron chi connectivity index (χ0n) is 9.76. The van der Waals surface area contributed by atoms with Crippen molar-refractivity contribution in [3.8, 4) is 11.8 Å². The summed E-state index contributed by atoms with van der Waals surface area (Å²) in [4.78, 5) is 0.203. The Bertz CT molecular complexity index is 445. The van der Waals surface area contributed by atoms with Crippen LogP contribution in [0.25, 0.3) is 0 Å². The first-order chi connectivity index (χ1) is 8.53. The predicted molar refractivity (Wildman–Crippen MR) is 67.2 cm³/mol. The molecular weight excluding hydrogens is 257 g/mol. The lowest BCUT2D eigenvalue weighted by atomic mass is 10.1. The third-order valence-corrected chi connectivity index (χ3v) is 3.60. The molecule has 1 fully saturated rings. The molecule has 0 N–H and O–H groups in total. The van der Waals surface area contributed by atoms with Crippen LogP contribution in [0.5, 0.6) is 0 Å². The fourth-order valence-corrected chi connectivity index (χ4v) is 2.53. The molecule has 1 aromatic rings. The van der Waals surface area contributed by atoms with Gasteiger partial charge in [-0.15, -0.1) is 0 Å². The summed E-state index contributed by atoms with van der Waals surface area (Å²) in [5, 5.41) is 0. The zero-order valence-corrected chi connectivity index (χ0v) is 10.6. The highest BCUT2D eigenvalue weighted by Crippen LogP contribution is 2.36. The van der Waals surface area contributed by atoms with Crippen LogP contribution in [0.3, 0.4) is 0 Å². The summed E-state index contributed by atoms with van der Waals surface area (Å²) in [6.45, 7) is 0. The maximum absolute atomic E-state index is 12.1. The van der Waals surface area contributed by atoms with Crippen LogP contribution < -0.4 is 0 Å². The van der Waals surface area contributed by atoms with Crippen LogP contribution in [-0.4, -0.2) is 5.51 Å². The SMILES string of the molecule is FC(F)(F)Sc1ccc(C#CC2CCCC2)cc1. The van der Waals surface area contributed by atoms with E-state index in [0.717, 1.165) is 18.4 Å². The van der Waals surface area contributed by atoms with Crippen LogP contribution >= 0.6 is 11.8 Å². The van der Waals surface area contributed by atoms with E-state index in [4.69, 9.17) is 0 Å². The second kappa shape index (κ2) is 5.71. The number of hydrogen-bond acceptors (Lipinski definition) is 1. The van der Waals surface area contributed by atoms with Gasteiger partial charge in [0.2, 0.25) is 0 Å². The predicted octanol–water partition coefficient (Wildman–Crippen LogP) is 4.84. The van der Waals surface area contributed by atoms with Crippen molar-refractivity contribution in [1.29, 1.82) is 0 Å². The largest absolute Gasteiger partial charge is 0.446 e. The third kappa shape index (κ3) is 4.30. The minimum absolute atomic E-state index is 0.0953. The monoisotopic (exact) mass is 270 g/mol. The molecule has 0 atom stereocenters. The van der Waals surface area contributed by atoms with E-state index >= 15 is 0 Å². The first kappa shape index (κ1) is 13.4. The van der Waals surface area contributed by atoms with Crippen LogP contribution in [0.4, 0.5) is 13.2 Å². The van der Waals surface area contributed by atoms with E-state index in [9.17, 15) is 13.2 Å². The van der Waals surface area contributed by atoms with Gasteiger partial charge < -0.3 is 0 Å². The lowest BCUT2D eigenvalue weighted by Crippen LogP contribution is -1.98. The van der Waals surface area contributed by atoms with Gasteiger partial charge in [0.15, 0.2) is 0 Å². The molecule has 1 aromatic carbocycles. The van der Waals surface area contributed by atoms with Gasteiger partial charge in [0.05, 0.1) is 0 Å². The Morgan fingerprint density at radius 3 is 2.22 bits per heavy atom. The van der Waals surface area contributed by atoms with Crippen molar-refractivity contribution in [2.75, 3.05) is 0 Å². The van der Waals surface area contributed by atoms with Crippen molar-refractivity contribution in [3.05, 3.63) is 29.8 Å². The molecule has 0 radical (unpaired) electrons. The average Bonchev–Trinajstić information content (AvgIpc) is 2.79. The molecule has 18 heavy (non-hydrogen) atoms. The summed E-state index contributed by atoms with van der Waals surface area (Å²) >= 11 is -0.0953. The molecule has 1 aliphatic rings. The zero-order chi connectivity index (χ0) is 13.0. The summed E-state index contributed by atoms with van der Waals surface area (Å²) in [5.74, 6) is 6.69. The van der Waals surface area contributed by atoms with E-state index in [1.807, 2.05) is 0 Å². The Hall–Kier alpha value is -1.08. The van der Waals surface area contributed by atoms with Gasteiger partial charge in [0, 0.05) is 16.4 Å². The first-order valence-electron chi connectivity index (χ1n) is 5.90. The van der Waals surface area contributed by atoms with Gasteiger partial charge in [-0.1, -0.05) is 24.7 Å².